The van der Waals surface area contributed by atoms with Gasteiger partial charge in [0.25, 0.3) is 5.91 Å². The van der Waals surface area contributed by atoms with E-state index in [-0.39, 0.29) is 11.6 Å². The molecule has 134 valence electrons. The van der Waals surface area contributed by atoms with Crippen molar-refractivity contribution >= 4 is 17.5 Å². The maximum absolute atomic E-state index is 12.6. The van der Waals surface area contributed by atoms with E-state index in [4.69, 9.17) is 16.0 Å². The molecule has 0 fully saturated rings. The van der Waals surface area contributed by atoms with Gasteiger partial charge in [-0.15, -0.1) is 0 Å². The fraction of sp³-hybridized carbons (Fsp3) is 0.0500. The van der Waals surface area contributed by atoms with E-state index in [1.54, 1.807) is 47.6 Å². The number of carbonyl (C=O) groups excluding carboxylic acids is 1. The van der Waals surface area contributed by atoms with Crippen LogP contribution in [0.15, 0.2) is 77.7 Å². The number of pyridine rings is 1. The molecule has 0 unspecified atom stereocenters. The minimum atomic E-state index is -0.285. The van der Waals surface area contributed by atoms with Gasteiger partial charge < -0.3 is 9.73 Å². The molecular weight excluding hydrogens is 364 g/mol. The van der Waals surface area contributed by atoms with Crippen molar-refractivity contribution in [2.45, 2.75) is 6.54 Å². The Hall–Kier alpha value is -3.38. The summed E-state index contributed by atoms with van der Waals surface area (Å²) in [4.78, 5) is 16.6. The van der Waals surface area contributed by atoms with Gasteiger partial charge in [-0.25, -0.2) is 4.68 Å². The van der Waals surface area contributed by atoms with Gasteiger partial charge in [-0.05, 0) is 42.0 Å². The van der Waals surface area contributed by atoms with Crippen LogP contribution < -0.4 is 5.32 Å². The number of hydrogen-bond donors (Lipinski definition) is 1. The van der Waals surface area contributed by atoms with Crippen LogP contribution in [0.5, 0.6) is 0 Å². The van der Waals surface area contributed by atoms with Crippen LogP contribution in [-0.2, 0) is 6.54 Å². The Bertz CT molecular complexity index is 1060. The zero-order chi connectivity index (χ0) is 18.6. The molecule has 0 spiro atoms. The molecule has 0 saturated carbocycles. The third-order valence-corrected chi connectivity index (χ3v) is 4.18. The Morgan fingerprint density at radius 2 is 2.07 bits per heavy atom. The van der Waals surface area contributed by atoms with Gasteiger partial charge in [0.05, 0.1) is 12.0 Å². The smallest absolute Gasteiger partial charge is 0.272 e. The molecule has 0 atom stereocenters. The minimum absolute atomic E-state index is 0.283. The molecule has 0 aliphatic rings. The Morgan fingerprint density at radius 1 is 1.15 bits per heavy atom. The molecule has 0 saturated heterocycles. The minimum Gasteiger partial charge on any atom is -0.463 e. The maximum Gasteiger partial charge on any atom is 0.272 e. The lowest BCUT2D eigenvalue weighted by atomic mass is 10.2. The summed E-state index contributed by atoms with van der Waals surface area (Å²) in [5.41, 5.74) is 2.59. The largest absolute Gasteiger partial charge is 0.463 e. The van der Waals surface area contributed by atoms with Crippen LogP contribution >= 0.6 is 11.6 Å². The van der Waals surface area contributed by atoms with Crippen molar-refractivity contribution in [3.8, 4) is 17.1 Å². The lowest BCUT2D eigenvalue weighted by molar-refractivity contribution is 0.0945. The zero-order valence-corrected chi connectivity index (χ0v) is 14.9. The summed E-state index contributed by atoms with van der Waals surface area (Å²) in [6.45, 7) is 0.368. The Balaban J connectivity index is 1.66. The third-order valence-electron chi connectivity index (χ3n) is 3.94. The van der Waals surface area contributed by atoms with Gasteiger partial charge in [-0.3, -0.25) is 9.78 Å². The fourth-order valence-corrected chi connectivity index (χ4v) is 2.86. The normalized spacial score (nSPS) is 10.7. The highest BCUT2D eigenvalue weighted by atomic mass is 35.5. The van der Waals surface area contributed by atoms with Crippen molar-refractivity contribution in [1.82, 2.24) is 20.1 Å². The number of nitrogens with one attached hydrogen (secondary N) is 1. The van der Waals surface area contributed by atoms with Gasteiger partial charge in [0, 0.05) is 30.0 Å². The number of halogens is 1. The van der Waals surface area contributed by atoms with E-state index in [9.17, 15) is 4.79 Å². The molecule has 0 aliphatic heterocycles. The van der Waals surface area contributed by atoms with E-state index >= 15 is 0 Å². The molecule has 3 heterocycles. The second kappa shape index (κ2) is 7.47. The average Bonchev–Trinajstić information content (AvgIpc) is 3.36. The highest BCUT2D eigenvalue weighted by Gasteiger charge is 2.18. The summed E-state index contributed by atoms with van der Waals surface area (Å²) in [6, 6.07) is 16.3. The number of rotatable bonds is 5. The van der Waals surface area contributed by atoms with Crippen molar-refractivity contribution in [3.05, 3.63) is 89.5 Å². The molecule has 27 heavy (non-hydrogen) atoms. The molecule has 1 aromatic carbocycles. The van der Waals surface area contributed by atoms with E-state index in [0.29, 0.717) is 23.0 Å². The van der Waals surface area contributed by atoms with E-state index in [1.165, 1.54) is 0 Å². The summed E-state index contributed by atoms with van der Waals surface area (Å²) in [5.74, 6) is 0.321. The lowest BCUT2D eigenvalue weighted by Crippen LogP contribution is -2.23. The molecule has 4 aromatic rings. The molecule has 0 radical (unpaired) electrons. The van der Waals surface area contributed by atoms with Crippen LogP contribution in [0.2, 0.25) is 5.02 Å². The first-order valence-corrected chi connectivity index (χ1v) is 8.65. The van der Waals surface area contributed by atoms with Crippen molar-refractivity contribution < 1.29 is 9.21 Å². The van der Waals surface area contributed by atoms with E-state index in [0.717, 1.165) is 11.3 Å². The first-order chi connectivity index (χ1) is 13.2. The van der Waals surface area contributed by atoms with Gasteiger partial charge >= 0.3 is 0 Å². The number of benzene rings is 1. The molecule has 3 aromatic heterocycles. The first-order valence-electron chi connectivity index (χ1n) is 8.28. The number of carbonyl (C=O) groups is 1. The van der Waals surface area contributed by atoms with Crippen LogP contribution in [0.3, 0.4) is 0 Å². The average molecular weight is 379 g/mol. The predicted molar refractivity (Wildman–Crippen MR) is 102 cm³/mol. The van der Waals surface area contributed by atoms with Crippen LogP contribution in [0.1, 0.15) is 16.1 Å². The van der Waals surface area contributed by atoms with Crippen LogP contribution in [0, 0.1) is 0 Å². The molecule has 0 bridgehead atoms. The lowest BCUT2D eigenvalue weighted by Gasteiger charge is -2.06. The molecule has 7 heteroatoms. The molecule has 0 aliphatic carbocycles. The van der Waals surface area contributed by atoms with Crippen molar-refractivity contribution in [2.75, 3.05) is 0 Å². The number of aromatic nitrogens is 3. The quantitative estimate of drug-likeness (QED) is 0.567. The Morgan fingerprint density at radius 3 is 2.81 bits per heavy atom. The highest BCUT2D eigenvalue weighted by molar-refractivity contribution is 6.30. The van der Waals surface area contributed by atoms with Crippen LogP contribution in [0.25, 0.3) is 17.1 Å². The van der Waals surface area contributed by atoms with Crippen LogP contribution in [0.4, 0.5) is 0 Å². The Kier molecular flexibility index (Phi) is 4.72. The molecular formula is C20H15ClN4O2. The molecule has 1 N–H and O–H groups in total. The van der Waals surface area contributed by atoms with Gasteiger partial charge in [0.2, 0.25) is 0 Å². The number of amides is 1. The monoisotopic (exact) mass is 378 g/mol. The van der Waals surface area contributed by atoms with E-state index in [1.807, 2.05) is 30.3 Å². The summed E-state index contributed by atoms with van der Waals surface area (Å²) in [5, 5.41) is 7.89. The summed E-state index contributed by atoms with van der Waals surface area (Å²) in [7, 11) is 0. The molecule has 1 amide bonds. The van der Waals surface area contributed by atoms with Gasteiger partial charge in [0.1, 0.15) is 5.69 Å². The predicted octanol–water partition coefficient (Wildman–Crippen LogP) is 4.11. The standard InChI is InChI=1S/C20H15ClN4O2/c21-15-5-1-6-16(10-15)25-18(19-7-3-9-27-19)11-17(24-25)20(26)23-13-14-4-2-8-22-12-14/h1-12H,13H2,(H,23,26). The van der Waals surface area contributed by atoms with Gasteiger partial charge in [-0.1, -0.05) is 23.7 Å². The summed E-state index contributed by atoms with van der Waals surface area (Å²) >= 11 is 6.11. The van der Waals surface area contributed by atoms with Gasteiger partial charge in [-0.2, -0.15) is 5.10 Å². The second-order valence-electron chi connectivity index (χ2n) is 5.83. The molecule has 4 rings (SSSR count). The van der Waals surface area contributed by atoms with Crippen molar-refractivity contribution in [2.24, 2.45) is 0 Å². The number of furan rings is 1. The van der Waals surface area contributed by atoms with E-state index in [2.05, 4.69) is 15.4 Å². The second-order valence-corrected chi connectivity index (χ2v) is 6.26. The highest BCUT2D eigenvalue weighted by Crippen LogP contribution is 2.25. The van der Waals surface area contributed by atoms with Crippen molar-refractivity contribution in [3.63, 3.8) is 0 Å². The van der Waals surface area contributed by atoms with Crippen molar-refractivity contribution in [1.29, 1.82) is 0 Å². The number of nitrogens with zero attached hydrogens (tertiary/aromatic N) is 3. The zero-order valence-electron chi connectivity index (χ0n) is 14.2. The maximum atomic E-state index is 12.6. The summed E-state index contributed by atoms with van der Waals surface area (Å²) in [6.07, 6.45) is 4.97. The first kappa shape index (κ1) is 17.1. The summed E-state index contributed by atoms with van der Waals surface area (Å²) < 4.78 is 7.14. The Labute approximate surface area is 160 Å². The topological polar surface area (TPSA) is 73.0 Å². The number of hydrogen-bond acceptors (Lipinski definition) is 4. The third kappa shape index (κ3) is 3.75. The van der Waals surface area contributed by atoms with Crippen LogP contribution in [-0.4, -0.2) is 20.7 Å². The SMILES string of the molecule is O=C(NCc1cccnc1)c1cc(-c2ccco2)n(-c2cccc(Cl)c2)n1. The van der Waals surface area contributed by atoms with E-state index < -0.39 is 0 Å². The fourth-order valence-electron chi connectivity index (χ4n) is 2.67. The molecule has 6 nitrogen and oxygen atoms in total. The van der Waals surface area contributed by atoms with Gasteiger partial charge in [0.15, 0.2) is 11.5 Å².